The van der Waals surface area contributed by atoms with Crippen molar-refractivity contribution < 1.29 is 8.78 Å². The van der Waals surface area contributed by atoms with E-state index in [9.17, 15) is 8.78 Å². The number of halogens is 3. The Morgan fingerprint density at radius 2 is 1.88 bits per heavy atom. The van der Waals surface area contributed by atoms with Gasteiger partial charge >= 0.3 is 0 Å². The van der Waals surface area contributed by atoms with Crippen molar-refractivity contribution in [1.82, 2.24) is 29.7 Å². The molecule has 0 spiro atoms. The lowest BCUT2D eigenvalue weighted by atomic mass is 10.0. The van der Waals surface area contributed by atoms with Gasteiger partial charge in [-0.25, -0.2) is 18.7 Å². The van der Waals surface area contributed by atoms with E-state index in [1.54, 1.807) is 12.3 Å². The van der Waals surface area contributed by atoms with Crippen LogP contribution < -0.4 is 5.32 Å². The molecule has 33 heavy (non-hydrogen) atoms. The van der Waals surface area contributed by atoms with Crippen LogP contribution in [-0.4, -0.2) is 36.3 Å². The second-order valence-electron chi connectivity index (χ2n) is 7.75. The Morgan fingerprint density at radius 1 is 0.970 bits per heavy atom. The van der Waals surface area contributed by atoms with Gasteiger partial charge in [-0.05, 0) is 30.7 Å². The maximum atomic E-state index is 14.5. The lowest BCUT2D eigenvalue weighted by molar-refractivity contribution is 0.585. The summed E-state index contributed by atoms with van der Waals surface area (Å²) >= 11 is 5.88. The number of aromatic nitrogens is 6. The van der Waals surface area contributed by atoms with E-state index in [1.165, 1.54) is 6.07 Å². The van der Waals surface area contributed by atoms with Gasteiger partial charge < -0.3 is 9.88 Å². The van der Waals surface area contributed by atoms with E-state index in [2.05, 4.69) is 30.0 Å². The van der Waals surface area contributed by atoms with Gasteiger partial charge in [-0.3, -0.25) is 10.1 Å². The molecule has 0 amide bonds. The lowest BCUT2D eigenvalue weighted by Gasteiger charge is -2.17. The van der Waals surface area contributed by atoms with Crippen LogP contribution in [0.5, 0.6) is 0 Å². The number of anilines is 1. The van der Waals surface area contributed by atoms with Crippen LogP contribution in [0, 0.1) is 11.6 Å². The van der Waals surface area contributed by atoms with Gasteiger partial charge in [-0.15, -0.1) is 0 Å². The molecule has 0 fully saturated rings. The van der Waals surface area contributed by atoms with Crippen LogP contribution in [0.15, 0.2) is 48.9 Å². The van der Waals surface area contributed by atoms with Crippen LogP contribution in [0.1, 0.15) is 6.42 Å². The number of pyridine rings is 2. The van der Waals surface area contributed by atoms with Gasteiger partial charge in [0, 0.05) is 48.2 Å². The summed E-state index contributed by atoms with van der Waals surface area (Å²) in [5, 5.41) is 10.0. The zero-order chi connectivity index (χ0) is 22.5. The van der Waals surface area contributed by atoms with E-state index in [-0.39, 0.29) is 10.6 Å². The van der Waals surface area contributed by atoms with Crippen molar-refractivity contribution in [2.45, 2.75) is 13.0 Å². The molecule has 164 valence electrons. The fraction of sp³-hybridized carbons (Fsp3) is 0.130. The van der Waals surface area contributed by atoms with Crippen molar-refractivity contribution in [1.29, 1.82) is 0 Å². The molecule has 1 aliphatic rings. The number of hydrogen-bond acceptors (Lipinski definition) is 5. The first-order valence-electron chi connectivity index (χ1n) is 10.3. The molecule has 6 rings (SSSR count). The Bertz CT molecular complexity index is 1530. The summed E-state index contributed by atoms with van der Waals surface area (Å²) in [6.07, 6.45) is 6.28. The molecule has 0 saturated carbocycles. The Balaban J connectivity index is 1.45. The highest BCUT2D eigenvalue weighted by Gasteiger charge is 2.19. The molecule has 1 aliphatic heterocycles. The fourth-order valence-electron chi connectivity index (χ4n) is 4.10. The van der Waals surface area contributed by atoms with Gasteiger partial charge in [-0.2, -0.15) is 5.10 Å². The second-order valence-corrected chi connectivity index (χ2v) is 8.16. The van der Waals surface area contributed by atoms with Crippen LogP contribution in [0.25, 0.3) is 44.8 Å². The molecular weight excluding hydrogens is 448 g/mol. The summed E-state index contributed by atoms with van der Waals surface area (Å²) in [5.74, 6) is -0.732. The molecule has 0 aliphatic carbocycles. The van der Waals surface area contributed by atoms with E-state index in [4.69, 9.17) is 16.6 Å². The Hall–Kier alpha value is -3.85. The van der Waals surface area contributed by atoms with Crippen molar-refractivity contribution in [2.24, 2.45) is 0 Å². The molecular formula is C23H16ClF2N7. The molecule has 2 N–H and O–H groups in total. The summed E-state index contributed by atoms with van der Waals surface area (Å²) in [5.41, 5.74) is 4.78. The lowest BCUT2D eigenvalue weighted by Crippen LogP contribution is -2.17. The summed E-state index contributed by atoms with van der Waals surface area (Å²) in [6.45, 7) is 1.79. The predicted molar refractivity (Wildman–Crippen MR) is 122 cm³/mol. The number of benzene rings is 1. The van der Waals surface area contributed by atoms with Gasteiger partial charge in [-0.1, -0.05) is 11.6 Å². The maximum Gasteiger partial charge on any atom is 0.203 e. The average Bonchev–Trinajstić information content (AvgIpc) is 3.48. The Morgan fingerprint density at radius 3 is 2.79 bits per heavy atom. The third-order valence-corrected chi connectivity index (χ3v) is 6.00. The quantitative estimate of drug-likeness (QED) is 0.355. The van der Waals surface area contributed by atoms with Crippen molar-refractivity contribution in [2.75, 3.05) is 11.9 Å². The first-order valence-corrected chi connectivity index (χ1v) is 10.7. The first kappa shape index (κ1) is 19.8. The molecule has 5 heterocycles. The Labute approximate surface area is 191 Å². The number of rotatable bonds is 3. The normalized spacial score (nSPS) is 13.2. The minimum absolute atomic E-state index is 0.0878. The minimum Gasteiger partial charge on any atom is -0.356 e. The topological polar surface area (TPSA) is 84.3 Å². The van der Waals surface area contributed by atoms with Crippen LogP contribution in [-0.2, 0) is 6.54 Å². The highest BCUT2D eigenvalue weighted by molar-refractivity contribution is 6.31. The van der Waals surface area contributed by atoms with E-state index >= 15 is 0 Å². The smallest absolute Gasteiger partial charge is 0.203 e. The maximum absolute atomic E-state index is 14.5. The monoisotopic (exact) mass is 463 g/mol. The van der Waals surface area contributed by atoms with Gasteiger partial charge in [0.1, 0.15) is 17.3 Å². The third-order valence-electron chi connectivity index (χ3n) is 5.71. The predicted octanol–water partition coefficient (Wildman–Crippen LogP) is 5.30. The standard InChI is InChI=1S/C23H16ClF2N7/c24-15-7-13(16(25)8-17(15)26)22-14(10-30-32-22)18-2-3-19-20(31-18)6-12(9-28-19)21-11-29-23-27-4-1-5-33(21)23/h2-3,6-11H,1,4-5H2,(H,27,29)(H,30,32). The average molecular weight is 464 g/mol. The number of hydrogen-bond donors (Lipinski definition) is 2. The number of aromatic amines is 1. The summed E-state index contributed by atoms with van der Waals surface area (Å²) in [4.78, 5) is 13.8. The molecule has 1 aromatic carbocycles. The van der Waals surface area contributed by atoms with Crippen LogP contribution in [0.3, 0.4) is 0 Å². The SMILES string of the molecule is Fc1cc(F)c(-c2n[nH]cc2-c2ccc3ncc(-c4cnc5n4CCCN5)cc3n2)cc1Cl. The molecule has 10 heteroatoms. The first-order chi connectivity index (χ1) is 16.1. The van der Waals surface area contributed by atoms with E-state index in [0.717, 1.165) is 48.3 Å². The third kappa shape index (κ3) is 3.32. The van der Waals surface area contributed by atoms with Crippen molar-refractivity contribution in [3.8, 4) is 33.8 Å². The van der Waals surface area contributed by atoms with E-state index in [0.29, 0.717) is 22.5 Å². The number of nitrogens with zero attached hydrogens (tertiary/aromatic N) is 5. The van der Waals surface area contributed by atoms with Gasteiger partial charge in [0.25, 0.3) is 0 Å². The number of H-pyrrole nitrogens is 1. The highest BCUT2D eigenvalue weighted by Crippen LogP contribution is 2.34. The molecule has 5 aromatic rings. The van der Waals surface area contributed by atoms with Crippen molar-refractivity contribution >= 4 is 28.6 Å². The van der Waals surface area contributed by atoms with Gasteiger partial charge in [0.2, 0.25) is 5.95 Å². The van der Waals surface area contributed by atoms with E-state index in [1.807, 2.05) is 24.5 Å². The van der Waals surface area contributed by atoms with Crippen LogP contribution in [0.4, 0.5) is 14.7 Å². The highest BCUT2D eigenvalue weighted by atomic mass is 35.5. The number of imidazole rings is 1. The summed E-state index contributed by atoms with van der Waals surface area (Å²) in [7, 11) is 0. The van der Waals surface area contributed by atoms with Crippen LogP contribution in [0.2, 0.25) is 5.02 Å². The minimum atomic E-state index is -0.824. The molecule has 0 saturated heterocycles. The van der Waals surface area contributed by atoms with Crippen molar-refractivity contribution in [3.63, 3.8) is 0 Å². The fourth-order valence-corrected chi connectivity index (χ4v) is 4.27. The van der Waals surface area contributed by atoms with Crippen molar-refractivity contribution in [3.05, 3.63) is 65.6 Å². The number of fused-ring (bicyclic) bond motifs is 2. The summed E-state index contributed by atoms with van der Waals surface area (Å²) in [6, 6.07) is 7.57. The molecule has 4 aromatic heterocycles. The zero-order valence-corrected chi connectivity index (χ0v) is 17.9. The number of nitrogens with one attached hydrogen (secondary N) is 2. The van der Waals surface area contributed by atoms with Crippen LogP contribution >= 0.6 is 11.6 Å². The largest absolute Gasteiger partial charge is 0.356 e. The van der Waals surface area contributed by atoms with Gasteiger partial charge in [0.15, 0.2) is 0 Å². The molecule has 0 atom stereocenters. The van der Waals surface area contributed by atoms with Gasteiger partial charge in [0.05, 0.1) is 33.6 Å². The summed E-state index contributed by atoms with van der Waals surface area (Å²) < 4.78 is 30.3. The molecule has 0 radical (unpaired) electrons. The molecule has 0 bridgehead atoms. The Kier molecular flexibility index (Phi) is 4.58. The van der Waals surface area contributed by atoms with E-state index < -0.39 is 11.6 Å². The zero-order valence-electron chi connectivity index (χ0n) is 17.1. The molecule has 7 nitrogen and oxygen atoms in total. The molecule has 0 unspecified atom stereocenters. The second kappa shape index (κ2) is 7.63.